The summed E-state index contributed by atoms with van der Waals surface area (Å²) >= 11 is 0. The Morgan fingerprint density at radius 2 is 1.86 bits per heavy atom. The molecular formula is C10H7F2NO. The lowest BCUT2D eigenvalue weighted by Gasteiger charge is -2.04. The molecular weight excluding hydrogens is 188 g/mol. The molecule has 0 fully saturated rings. The van der Waals surface area contributed by atoms with Crippen molar-refractivity contribution in [1.82, 2.24) is 4.57 Å². The molecule has 0 aliphatic carbocycles. The second kappa shape index (κ2) is 3.21. The van der Waals surface area contributed by atoms with E-state index in [2.05, 4.69) is 0 Å². The predicted molar refractivity (Wildman–Crippen MR) is 49.5 cm³/mol. The molecule has 2 rings (SSSR count). The van der Waals surface area contributed by atoms with Gasteiger partial charge in [-0.15, -0.1) is 0 Å². The maximum absolute atomic E-state index is 12.3. The van der Waals surface area contributed by atoms with Gasteiger partial charge < -0.3 is 0 Å². The van der Waals surface area contributed by atoms with Gasteiger partial charge in [-0.2, -0.15) is 8.78 Å². The van der Waals surface area contributed by atoms with Crippen LogP contribution < -0.4 is 5.56 Å². The Hall–Kier alpha value is -1.71. The molecule has 0 bridgehead atoms. The molecule has 72 valence electrons. The van der Waals surface area contributed by atoms with Crippen LogP contribution in [0.2, 0.25) is 0 Å². The van der Waals surface area contributed by atoms with Gasteiger partial charge in [0, 0.05) is 11.6 Å². The minimum Gasteiger partial charge on any atom is -0.269 e. The third-order valence-corrected chi connectivity index (χ3v) is 2.05. The van der Waals surface area contributed by atoms with Crippen molar-refractivity contribution >= 4 is 10.8 Å². The Bertz CT molecular complexity index is 519. The van der Waals surface area contributed by atoms with E-state index in [1.807, 2.05) is 0 Å². The number of aromatic nitrogens is 1. The monoisotopic (exact) mass is 195 g/mol. The van der Waals surface area contributed by atoms with E-state index in [1.54, 1.807) is 18.2 Å². The number of fused-ring (bicyclic) bond motifs is 1. The Labute approximate surface area is 78.4 Å². The van der Waals surface area contributed by atoms with E-state index in [9.17, 15) is 13.6 Å². The van der Waals surface area contributed by atoms with Gasteiger partial charge in [-0.05, 0) is 17.5 Å². The summed E-state index contributed by atoms with van der Waals surface area (Å²) in [5.74, 6) is 0. The summed E-state index contributed by atoms with van der Waals surface area (Å²) in [6.07, 6.45) is 1.11. The molecule has 14 heavy (non-hydrogen) atoms. The molecule has 0 saturated heterocycles. The molecule has 2 nitrogen and oxygen atoms in total. The molecule has 0 unspecified atom stereocenters. The molecule has 0 saturated carbocycles. The Morgan fingerprint density at radius 1 is 1.14 bits per heavy atom. The molecule has 0 aliphatic rings. The van der Waals surface area contributed by atoms with Crippen molar-refractivity contribution in [3.8, 4) is 0 Å². The van der Waals surface area contributed by atoms with Gasteiger partial charge in [0.15, 0.2) is 0 Å². The second-order valence-corrected chi connectivity index (χ2v) is 2.89. The third-order valence-electron chi connectivity index (χ3n) is 2.05. The van der Waals surface area contributed by atoms with E-state index >= 15 is 0 Å². The van der Waals surface area contributed by atoms with Gasteiger partial charge in [-0.25, -0.2) is 0 Å². The highest BCUT2D eigenvalue weighted by Gasteiger charge is 2.08. The zero-order valence-corrected chi connectivity index (χ0v) is 7.15. The van der Waals surface area contributed by atoms with Crippen molar-refractivity contribution < 1.29 is 8.78 Å². The topological polar surface area (TPSA) is 22.0 Å². The molecule has 1 aromatic heterocycles. The highest BCUT2D eigenvalue weighted by atomic mass is 19.3. The lowest BCUT2D eigenvalue weighted by Crippen LogP contribution is -2.19. The van der Waals surface area contributed by atoms with E-state index in [4.69, 9.17) is 0 Å². The third kappa shape index (κ3) is 1.28. The summed E-state index contributed by atoms with van der Waals surface area (Å²) in [6.45, 7) is -2.79. The van der Waals surface area contributed by atoms with Crippen LogP contribution in [0, 0.1) is 0 Å². The molecule has 0 amide bonds. The van der Waals surface area contributed by atoms with Crippen molar-refractivity contribution in [3.63, 3.8) is 0 Å². The smallest absolute Gasteiger partial charge is 0.269 e. The van der Waals surface area contributed by atoms with Gasteiger partial charge in [-0.3, -0.25) is 9.36 Å². The largest absolute Gasteiger partial charge is 0.321 e. The normalized spacial score (nSPS) is 11.1. The summed E-state index contributed by atoms with van der Waals surface area (Å²) in [5.41, 5.74) is -0.655. The van der Waals surface area contributed by atoms with Crippen molar-refractivity contribution in [3.05, 3.63) is 46.9 Å². The first-order valence-electron chi connectivity index (χ1n) is 4.08. The zero-order chi connectivity index (χ0) is 10.1. The summed E-state index contributed by atoms with van der Waals surface area (Å²) in [6, 6.07) is 8.17. The van der Waals surface area contributed by atoms with Gasteiger partial charge in [0.1, 0.15) is 0 Å². The summed E-state index contributed by atoms with van der Waals surface area (Å²) in [7, 11) is 0. The molecule has 4 heteroatoms. The fraction of sp³-hybridized carbons (Fsp3) is 0.100. The van der Waals surface area contributed by atoms with Gasteiger partial charge >= 0.3 is 6.55 Å². The Morgan fingerprint density at radius 3 is 2.57 bits per heavy atom. The Kier molecular flexibility index (Phi) is 2.04. The highest BCUT2D eigenvalue weighted by molar-refractivity contribution is 5.81. The van der Waals surface area contributed by atoms with Crippen molar-refractivity contribution in [1.29, 1.82) is 0 Å². The van der Waals surface area contributed by atoms with Gasteiger partial charge in [0.05, 0.1) is 0 Å². The van der Waals surface area contributed by atoms with E-state index < -0.39 is 12.1 Å². The number of halogens is 2. The summed E-state index contributed by atoms with van der Waals surface area (Å²) in [5, 5.41) is 0.990. The van der Waals surface area contributed by atoms with Crippen LogP contribution in [0.15, 0.2) is 41.3 Å². The number of alkyl halides is 2. The second-order valence-electron chi connectivity index (χ2n) is 2.89. The van der Waals surface area contributed by atoms with Crippen LogP contribution in [-0.2, 0) is 0 Å². The fourth-order valence-corrected chi connectivity index (χ4v) is 1.36. The van der Waals surface area contributed by atoms with Crippen LogP contribution in [0.25, 0.3) is 10.8 Å². The molecule has 1 heterocycles. The lowest BCUT2D eigenvalue weighted by molar-refractivity contribution is 0.0669. The average molecular weight is 195 g/mol. The van der Waals surface area contributed by atoms with Crippen molar-refractivity contribution in [2.45, 2.75) is 6.55 Å². The maximum atomic E-state index is 12.3. The molecule has 0 spiro atoms. The minimum atomic E-state index is -2.79. The summed E-state index contributed by atoms with van der Waals surface area (Å²) in [4.78, 5) is 11.5. The van der Waals surface area contributed by atoms with Gasteiger partial charge in [0.2, 0.25) is 0 Å². The molecule has 0 N–H and O–H groups in total. The molecule has 1 aromatic carbocycles. The fourth-order valence-electron chi connectivity index (χ4n) is 1.36. The van der Waals surface area contributed by atoms with Crippen molar-refractivity contribution in [2.24, 2.45) is 0 Å². The van der Waals surface area contributed by atoms with Crippen LogP contribution in [0.5, 0.6) is 0 Å². The quantitative estimate of drug-likeness (QED) is 0.684. The van der Waals surface area contributed by atoms with E-state index in [-0.39, 0.29) is 0 Å². The van der Waals surface area contributed by atoms with E-state index in [0.29, 0.717) is 15.3 Å². The standard InChI is InChI=1S/C10H7F2NO/c11-10(12)13-6-5-7-3-1-2-4-8(7)9(13)14/h1-6,10H. The van der Waals surface area contributed by atoms with Crippen LogP contribution >= 0.6 is 0 Å². The zero-order valence-electron chi connectivity index (χ0n) is 7.15. The number of rotatable bonds is 1. The van der Waals surface area contributed by atoms with Crippen LogP contribution in [-0.4, -0.2) is 4.57 Å². The average Bonchev–Trinajstić information content (AvgIpc) is 2.18. The van der Waals surface area contributed by atoms with Crippen LogP contribution in [0.4, 0.5) is 8.78 Å². The highest BCUT2D eigenvalue weighted by Crippen LogP contribution is 2.12. The van der Waals surface area contributed by atoms with Crippen LogP contribution in [0.3, 0.4) is 0 Å². The van der Waals surface area contributed by atoms with Gasteiger partial charge in [-0.1, -0.05) is 18.2 Å². The number of hydrogen-bond acceptors (Lipinski definition) is 1. The lowest BCUT2D eigenvalue weighted by atomic mass is 10.2. The molecule has 0 radical (unpaired) electrons. The van der Waals surface area contributed by atoms with Crippen LogP contribution in [0.1, 0.15) is 6.55 Å². The predicted octanol–water partition coefficient (Wildman–Crippen LogP) is 2.40. The SMILES string of the molecule is O=c1c2ccccc2ccn1C(F)F. The first-order chi connectivity index (χ1) is 6.70. The molecule has 2 aromatic rings. The Balaban J connectivity index is 2.82. The van der Waals surface area contributed by atoms with Crippen molar-refractivity contribution in [2.75, 3.05) is 0 Å². The molecule has 0 atom stereocenters. The summed E-state index contributed by atoms with van der Waals surface area (Å²) < 4.78 is 25.1. The van der Waals surface area contributed by atoms with Gasteiger partial charge in [0.25, 0.3) is 5.56 Å². The minimum absolute atomic E-state index is 0.315. The maximum Gasteiger partial charge on any atom is 0.321 e. The number of nitrogens with zero attached hydrogens (tertiary/aromatic N) is 1. The molecule has 0 aliphatic heterocycles. The number of hydrogen-bond donors (Lipinski definition) is 0. The van der Waals surface area contributed by atoms with E-state index in [1.165, 1.54) is 12.1 Å². The first kappa shape index (κ1) is 8.87. The number of pyridine rings is 1. The number of benzene rings is 1. The van der Waals surface area contributed by atoms with E-state index in [0.717, 1.165) is 6.20 Å². The first-order valence-corrected chi connectivity index (χ1v) is 4.08.